The number of amides is 1. The summed E-state index contributed by atoms with van der Waals surface area (Å²) in [5, 5.41) is 10.9. The molecule has 39 heavy (non-hydrogen) atoms. The molecule has 11 heteroatoms. The number of carbonyl (C=O) groups excluding carboxylic acids is 1. The second-order valence-electron chi connectivity index (χ2n) is 9.59. The van der Waals surface area contributed by atoms with Crippen LogP contribution in [-0.4, -0.2) is 69.9 Å². The molecule has 0 aliphatic carbocycles. The van der Waals surface area contributed by atoms with Gasteiger partial charge in [-0.05, 0) is 53.4 Å². The summed E-state index contributed by atoms with van der Waals surface area (Å²) >= 11 is 0. The van der Waals surface area contributed by atoms with Gasteiger partial charge in [-0.2, -0.15) is 14.3 Å². The molecule has 1 aliphatic rings. The van der Waals surface area contributed by atoms with Gasteiger partial charge in [-0.3, -0.25) is 4.79 Å². The Labute approximate surface area is 230 Å². The lowest BCUT2D eigenvalue weighted by atomic mass is 10.0. The molecule has 1 aliphatic heterocycles. The number of nitrogens with one attached hydrogen (secondary N) is 1. The molecule has 0 radical (unpaired) electrons. The number of nitriles is 1. The Balaban J connectivity index is 1.57. The summed E-state index contributed by atoms with van der Waals surface area (Å²) in [7, 11) is -7.48. The van der Waals surface area contributed by atoms with Crippen LogP contribution in [0.1, 0.15) is 30.9 Å². The van der Waals surface area contributed by atoms with Crippen molar-refractivity contribution in [1.29, 1.82) is 5.26 Å². The number of hydrogen-bond acceptors (Lipinski definition) is 6. The van der Waals surface area contributed by atoms with Gasteiger partial charge in [0, 0.05) is 26.2 Å². The molecule has 1 atom stereocenters. The normalized spacial score (nSPS) is 15.6. The van der Waals surface area contributed by atoms with Crippen molar-refractivity contribution in [2.75, 3.05) is 31.9 Å². The van der Waals surface area contributed by atoms with Crippen LogP contribution in [0.5, 0.6) is 0 Å². The number of hydrogen-bond donors (Lipinski definition) is 1. The number of carbonyl (C=O) groups is 1. The van der Waals surface area contributed by atoms with Gasteiger partial charge in [0.05, 0.1) is 22.3 Å². The first-order valence-corrected chi connectivity index (χ1v) is 16.0. The van der Waals surface area contributed by atoms with E-state index in [0.717, 1.165) is 17.2 Å². The van der Waals surface area contributed by atoms with Crippen molar-refractivity contribution < 1.29 is 21.6 Å². The summed E-state index contributed by atoms with van der Waals surface area (Å²) in [6.45, 7) is 2.57. The fourth-order valence-electron chi connectivity index (χ4n) is 4.64. The monoisotopic (exact) mass is 568 g/mol. The number of fused-ring (bicyclic) bond motifs is 1. The van der Waals surface area contributed by atoms with Crippen LogP contribution in [0.3, 0.4) is 0 Å². The molecule has 3 aromatic rings. The fraction of sp³-hybridized carbons (Fsp3) is 0.357. The second kappa shape index (κ2) is 12.3. The van der Waals surface area contributed by atoms with E-state index in [4.69, 9.17) is 0 Å². The van der Waals surface area contributed by atoms with E-state index in [-0.39, 0.29) is 43.2 Å². The van der Waals surface area contributed by atoms with E-state index >= 15 is 0 Å². The van der Waals surface area contributed by atoms with Crippen LogP contribution in [0.2, 0.25) is 0 Å². The summed E-state index contributed by atoms with van der Waals surface area (Å²) in [6, 6.07) is 19.8. The summed E-state index contributed by atoms with van der Waals surface area (Å²) < 4.78 is 56.1. The van der Waals surface area contributed by atoms with Gasteiger partial charge in [0.1, 0.15) is 6.04 Å². The van der Waals surface area contributed by atoms with Gasteiger partial charge >= 0.3 is 0 Å². The van der Waals surface area contributed by atoms with Gasteiger partial charge < -0.3 is 4.90 Å². The number of rotatable bonds is 10. The summed E-state index contributed by atoms with van der Waals surface area (Å²) in [4.78, 5) is 15.2. The summed E-state index contributed by atoms with van der Waals surface area (Å²) in [6.07, 6.45) is 1.38. The zero-order valence-corrected chi connectivity index (χ0v) is 23.4. The maximum atomic E-state index is 13.7. The molecule has 1 fully saturated rings. The number of nitrogens with zero attached hydrogens (tertiary/aromatic N) is 3. The average molecular weight is 569 g/mol. The van der Waals surface area contributed by atoms with Crippen molar-refractivity contribution in [3.63, 3.8) is 0 Å². The van der Waals surface area contributed by atoms with Crippen LogP contribution < -0.4 is 4.72 Å². The molecule has 0 aromatic heterocycles. The standard InChI is InChI=1S/C28H32N4O5S2/c1-2-3-17-38(34,35)32-15-13-31(14-16-32)28(33)27(19-22-7-6-8-23(18-22)21-29)30-39(36,37)26-12-11-24-9-4-5-10-25(24)20-26/h4-12,18,20,27,30H,2-3,13-17,19H2,1H3. The second-order valence-corrected chi connectivity index (χ2v) is 13.4. The molecule has 206 valence electrons. The zero-order chi connectivity index (χ0) is 28.0. The predicted octanol–water partition coefficient (Wildman–Crippen LogP) is 2.88. The summed E-state index contributed by atoms with van der Waals surface area (Å²) in [5.41, 5.74) is 1.04. The Morgan fingerprint density at radius 3 is 2.36 bits per heavy atom. The largest absolute Gasteiger partial charge is 0.339 e. The zero-order valence-electron chi connectivity index (χ0n) is 21.8. The molecule has 1 heterocycles. The van der Waals surface area contributed by atoms with Gasteiger partial charge in [0.25, 0.3) is 0 Å². The van der Waals surface area contributed by atoms with Crippen molar-refractivity contribution in [3.05, 3.63) is 77.9 Å². The Kier molecular flexibility index (Phi) is 9.02. The molecule has 1 unspecified atom stereocenters. The van der Waals surface area contributed by atoms with Crippen LogP contribution in [0.25, 0.3) is 10.8 Å². The van der Waals surface area contributed by atoms with E-state index in [1.165, 1.54) is 15.3 Å². The van der Waals surface area contributed by atoms with Crippen molar-refractivity contribution in [2.24, 2.45) is 0 Å². The van der Waals surface area contributed by atoms with Crippen molar-refractivity contribution in [1.82, 2.24) is 13.9 Å². The molecule has 1 saturated heterocycles. The van der Waals surface area contributed by atoms with Crippen LogP contribution >= 0.6 is 0 Å². The van der Waals surface area contributed by atoms with E-state index in [9.17, 15) is 26.9 Å². The quantitative estimate of drug-likeness (QED) is 0.401. The van der Waals surface area contributed by atoms with E-state index in [1.54, 1.807) is 36.4 Å². The molecule has 0 spiro atoms. The van der Waals surface area contributed by atoms with E-state index < -0.39 is 32.0 Å². The lowest BCUT2D eigenvalue weighted by Crippen LogP contribution is -2.56. The molecule has 1 amide bonds. The number of piperazine rings is 1. The van der Waals surface area contributed by atoms with Gasteiger partial charge in [0.15, 0.2) is 0 Å². The minimum Gasteiger partial charge on any atom is -0.339 e. The number of benzene rings is 3. The Hall–Kier alpha value is -3.30. The van der Waals surface area contributed by atoms with Gasteiger partial charge in [-0.15, -0.1) is 0 Å². The fourth-order valence-corrected chi connectivity index (χ4v) is 7.49. The predicted molar refractivity (Wildman–Crippen MR) is 150 cm³/mol. The van der Waals surface area contributed by atoms with E-state index in [1.807, 2.05) is 31.2 Å². The highest BCUT2D eigenvalue weighted by Gasteiger charge is 2.34. The topological polar surface area (TPSA) is 128 Å². The summed E-state index contributed by atoms with van der Waals surface area (Å²) in [5.74, 6) is -0.367. The molecule has 1 N–H and O–H groups in total. The number of unbranched alkanes of at least 4 members (excludes halogenated alkanes) is 1. The molecule has 0 bridgehead atoms. The highest BCUT2D eigenvalue weighted by Crippen LogP contribution is 2.20. The minimum absolute atomic E-state index is 0.0379. The highest BCUT2D eigenvalue weighted by molar-refractivity contribution is 7.89. The maximum Gasteiger partial charge on any atom is 0.241 e. The highest BCUT2D eigenvalue weighted by atomic mass is 32.2. The number of sulfonamides is 2. The lowest BCUT2D eigenvalue weighted by Gasteiger charge is -2.36. The Morgan fingerprint density at radius 2 is 1.67 bits per heavy atom. The van der Waals surface area contributed by atoms with E-state index in [2.05, 4.69) is 10.8 Å². The SMILES string of the molecule is CCCCS(=O)(=O)N1CCN(C(=O)C(Cc2cccc(C#N)c2)NS(=O)(=O)c2ccc3ccccc3c2)CC1. The first kappa shape index (κ1) is 28.7. The molecule has 0 saturated carbocycles. The van der Waals surface area contributed by atoms with Gasteiger partial charge in [0.2, 0.25) is 26.0 Å². The molecule has 3 aromatic carbocycles. The molecule has 9 nitrogen and oxygen atoms in total. The maximum absolute atomic E-state index is 13.7. The first-order valence-electron chi connectivity index (χ1n) is 12.9. The van der Waals surface area contributed by atoms with Crippen LogP contribution in [-0.2, 0) is 31.3 Å². The Bertz CT molecular complexity index is 1590. The van der Waals surface area contributed by atoms with Crippen LogP contribution in [0.4, 0.5) is 0 Å². The smallest absolute Gasteiger partial charge is 0.241 e. The van der Waals surface area contributed by atoms with Crippen LogP contribution in [0, 0.1) is 11.3 Å². The first-order chi connectivity index (χ1) is 18.6. The molecular weight excluding hydrogens is 536 g/mol. The minimum atomic E-state index is -4.08. The van der Waals surface area contributed by atoms with E-state index in [0.29, 0.717) is 17.5 Å². The average Bonchev–Trinajstić information content (AvgIpc) is 2.95. The molecular formula is C28H32N4O5S2. The Morgan fingerprint density at radius 1 is 0.949 bits per heavy atom. The molecule has 4 rings (SSSR count). The van der Waals surface area contributed by atoms with Crippen molar-refractivity contribution in [3.8, 4) is 6.07 Å². The third-order valence-electron chi connectivity index (χ3n) is 6.82. The third kappa shape index (κ3) is 7.02. The van der Waals surface area contributed by atoms with Gasteiger partial charge in [-0.25, -0.2) is 16.8 Å². The van der Waals surface area contributed by atoms with Gasteiger partial charge in [-0.1, -0.05) is 55.8 Å². The lowest BCUT2D eigenvalue weighted by molar-refractivity contribution is -0.134. The van der Waals surface area contributed by atoms with Crippen molar-refractivity contribution >= 4 is 36.7 Å². The van der Waals surface area contributed by atoms with Crippen LogP contribution in [0.15, 0.2) is 71.6 Å². The van der Waals surface area contributed by atoms with Crippen molar-refractivity contribution in [2.45, 2.75) is 37.1 Å². The third-order valence-corrected chi connectivity index (χ3v) is 10.2.